The number of sulfone groups is 1. The molecule has 0 spiro atoms. The van der Waals surface area contributed by atoms with Gasteiger partial charge >= 0.3 is 0 Å². The SMILES string of the molecule is Cc1cc(F)ccc1NC(=O)CS[C@H]1CCS(=O)(=O)C1. The van der Waals surface area contributed by atoms with Gasteiger partial charge in [0.25, 0.3) is 0 Å². The molecule has 110 valence electrons. The summed E-state index contributed by atoms with van der Waals surface area (Å²) >= 11 is 1.36. The minimum atomic E-state index is -2.91. The average molecular weight is 317 g/mol. The van der Waals surface area contributed by atoms with E-state index >= 15 is 0 Å². The Morgan fingerprint density at radius 3 is 2.85 bits per heavy atom. The highest BCUT2D eigenvalue weighted by atomic mass is 32.2. The lowest BCUT2D eigenvalue weighted by atomic mass is 10.2. The van der Waals surface area contributed by atoms with E-state index in [0.717, 1.165) is 0 Å². The summed E-state index contributed by atoms with van der Waals surface area (Å²) < 4.78 is 35.5. The number of aryl methyl sites for hydroxylation is 1. The molecule has 2 rings (SSSR count). The predicted octanol–water partition coefficient (Wildman–Crippen LogP) is 1.99. The number of halogens is 1. The highest BCUT2D eigenvalue weighted by Crippen LogP contribution is 2.24. The number of benzene rings is 1. The predicted molar refractivity (Wildman–Crippen MR) is 79.3 cm³/mol. The van der Waals surface area contributed by atoms with Crippen LogP contribution in [0.4, 0.5) is 10.1 Å². The molecule has 1 aromatic carbocycles. The van der Waals surface area contributed by atoms with E-state index in [1.54, 1.807) is 6.92 Å². The van der Waals surface area contributed by atoms with Crippen LogP contribution in [-0.2, 0) is 14.6 Å². The molecule has 4 nitrogen and oxygen atoms in total. The van der Waals surface area contributed by atoms with Crippen LogP contribution < -0.4 is 5.32 Å². The number of anilines is 1. The molecule has 0 aliphatic carbocycles. The van der Waals surface area contributed by atoms with Crippen molar-refractivity contribution in [2.75, 3.05) is 22.6 Å². The number of carbonyl (C=O) groups excluding carboxylic acids is 1. The van der Waals surface area contributed by atoms with Crippen LogP contribution in [0, 0.1) is 12.7 Å². The van der Waals surface area contributed by atoms with Gasteiger partial charge in [-0.1, -0.05) is 0 Å². The third-order valence-electron chi connectivity index (χ3n) is 3.10. The third kappa shape index (κ3) is 4.21. The van der Waals surface area contributed by atoms with E-state index in [1.807, 2.05) is 0 Å². The molecule has 1 aliphatic heterocycles. The summed E-state index contributed by atoms with van der Waals surface area (Å²) in [6.45, 7) is 1.72. The van der Waals surface area contributed by atoms with E-state index in [1.165, 1.54) is 30.0 Å². The van der Waals surface area contributed by atoms with Gasteiger partial charge in [-0.25, -0.2) is 12.8 Å². The summed E-state index contributed by atoms with van der Waals surface area (Å²) in [5.74, 6) is 0.0287. The Morgan fingerprint density at radius 1 is 1.50 bits per heavy atom. The van der Waals surface area contributed by atoms with E-state index in [9.17, 15) is 17.6 Å². The molecule has 0 radical (unpaired) electrons. The smallest absolute Gasteiger partial charge is 0.234 e. The van der Waals surface area contributed by atoms with Gasteiger partial charge in [0.2, 0.25) is 5.91 Å². The Kier molecular flexibility index (Phi) is 4.70. The van der Waals surface area contributed by atoms with Gasteiger partial charge in [-0.2, -0.15) is 0 Å². The van der Waals surface area contributed by atoms with Crippen LogP contribution in [-0.4, -0.2) is 36.8 Å². The monoisotopic (exact) mass is 317 g/mol. The van der Waals surface area contributed by atoms with Crippen molar-refractivity contribution in [3.63, 3.8) is 0 Å². The maximum absolute atomic E-state index is 12.9. The second-order valence-electron chi connectivity index (χ2n) is 4.84. The fourth-order valence-electron chi connectivity index (χ4n) is 2.04. The zero-order valence-electron chi connectivity index (χ0n) is 11.1. The lowest BCUT2D eigenvalue weighted by Gasteiger charge is -2.10. The van der Waals surface area contributed by atoms with E-state index in [-0.39, 0.29) is 34.2 Å². The zero-order chi connectivity index (χ0) is 14.8. The maximum atomic E-state index is 12.9. The topological polar surface area (TPSA) is 63.2 Å². The molecule has 1 amide bonds. The highest BCUT2D eigenvalue weighted by molar-refractivity contribution is 8.02. The molecular weight excluding hydrogens is 301 g/mol. The number of hydrogen-bond donors (Lipinski definition) is 1. The van der Waals surface area contributed by atoms with Crippen molar-refractivity contribution < 1.29 is 17.6 Å². The first kappa shape index (κ1) is 15.3. The van der Waals surface area contributed by atoms with Crippen molar-refractivity contribution in [2.45, 2.75) is 18.6 Å². The molecule has 0 bridgehead atoms. The van der Waals surface area contributed by atoms with Crippen molar-refractivity contribution in [3.05, 3.63) is 29.6 Å². The van der Waals surface area contributed by atoms with Crippen LogP contribution in [0.1, 0.15) is 12.0 Å². The van der Waals surface area contributed by atoms with Crippen molar-refractivity contribution in [2.24, 2.45) is 0 Å². The van der Waals surface area contributed by atoms with Gasteiger partial charge in [0.15, 0.2) is 9.84 Å². The van der Waals surface area contributed by atoms with Crippen molar-refractivity contribution in [1.29, 1.82) is 0 Å². The van der Waals surface area contributed by atoms with Gasteiger partial charge in [0.1, 0.15) is 5.82 Å². The van der Waals surface area contributed by atoms with Gasteiger partial charge in [0.05, 0.1) is 17.3 Å². The maximum Gasteiger partial charge on any atom is 0.234 e. The van der Waals surface area contributed by atoms with Crippen LogP contribution in [0.15, 0.2) is 18.2 Å². The Hall–Kier alpha value is -1.08. The fourth-order valence-corrected chi connectivity index (χ4v) is 5.48. The lowest BCUT2D eigenvalue weighted by molar-refractivity contribution is -0.113. The van der Waals surface area contributed by atoms with Gasteiger partial charge in [-0.05, 0) is 37.1 Å². The number of thioether (sulfide) groups is 1. The summed E-state index contributed by atoms with van der Waals surface area (Å²) in [5, 5.41) is 2.71. The standard InChI is InChI=1S/C13H16FNO3S2/c1-9-6-10(14)2-3-12(9)15-13(16)7-19-11-4-5-20(17,18)8-11/h2-3,6,11H,4-5,7-8H2,1H3,(H,15,16)/t11-/m0/s1. The molecule has 1 N–H and O–H groups in total. The highest BCUT2D eigenvalue weighted by Gasteiger charge is 2.28. The van der Waals surface area contributed by atoms with E-state index in [2.05, 4.69) is 5.32 Å². The average Bonchev–Trinajstić information content (AvgIpc) is 2.70. The first-order valence-corrected chi connectivity index (χ1v) is 9.11. The number of rotatable bonds is 4. The molecule has 7 heteroatoms. The number of hydrogen-bond acceptors (Lipinski definition) is 4. The van der Waals surface area contributed by atoms with Gasteiger partial charge in [-0.3, -0.25) is 4.79 Å². The Bertz CT molecular complexity index is 616. The van der Waals surface area contributed by atoms with Crippen molar-refractivity contribution in [1.82, 2.24) is 0 Å². The van der Waals surface area contributed by atoms with Crippen LogP contribution in [0.2, 0.25) is 0 Å². The quantitative estimate of drug-likeness (QED) is 0.922. The normalized spacial score (nSPS) is 20.8. The summed E-state index contributed by atoms with van der Waals surface area (Å²) in [6.07, 6.45) is 0.607. The van der Waals surface area contributed by atoms with Crippen molar-refractivity contribution >= 4 is 33.2 Å². The first-order valence-electron chi connectivity index (χ1n) is 6.24. The van der Waals surface area contributed by atoms with E-state index in [0.29, 0.717) is 17.7 Å². The fraction of sp³-hybridized carbons (Fsp3) is 0.462. The first-order chi connectivity index (χ1) is 9.35. The van der Waals surface area contributed by atoms with Crippen molar-refractivity contribution in [3.8, 4) is 0 Å². The van der Waals surface area contributed by atoms with Crippen LogP contribution in [0.5, 0.6) is 0 Å². The van der Waals surface area contributed by atoms with Crippen LogP contribution in [0.25, 0.3) is 0 Å². The molecule has 1 saturated heterocycles. The molecule has 0 saturated carbocycles. The molecule has 1 aliphatic rings. The van der Waals surface area contributed by atoms with Gasteiger partial charge in [-0.15, -0.1) is 11.8 Å². The molecule has 1 aromatic rings. The molecule has 20 heavy (non-hydrogen) atoms. The molecular formula is C13H16FNO3S2. The minimum Gasteiger partial charge on any atom is -0.325 e. The molecule has 0 aromatic heterocycles. The Morgan fingerprint density at radius 2 is 2.25 bits per heavy atom. The summed E-state index contributed by atoms with van der Waals surface area (Å²) in [6, 6.07) is 4.17. The Balaban J connectivity index is 1.84. The second-order valence-corrected chi connectivity index (χ2v) is 8.36. The summed E-state index contributed by atoms with van der Waals surface area (Å²) in [4.78, 5) is 11.8. The number of carbonyl (C=O) groups is 1. The zero-order valence-corrected chi connectivity index (χ0v) is 12.7. The summed E-state index contributed by atoms with van der Waals surface area (Å²) in [5.41, 5.74) is 1.24. The van der Waals surface area contributed by atoms with E-state index < -0.39 is 9.84 Å². The third-order valence-corrected chi connectivity index (χ3v) is 6.38. The number of amides is 1. The van der Waals surface area contributed by atoms with Crippen LogP contribution in [0.3, 0.4) is 0 Å². The Labute approximate surface area is 122 Å². The molecule has 0 unspecified atom stereocenters. The molecule has 1 atom stereocenters. The summed E-state index contributed by atoms with van der Waals surface area (Å²) in [7, 11) is -2.91. The number of nitrogens with one attached hydrogen (secondary N) is 1. The molecule has 1 heterocycles. The minimum absolute atomic E-state index is 0.0000599. The molecule has 1 fully saturated rings. The van der Waals surface area contributed by atoms with E-state index in [4.69, 9.17) is 0 Å². The van der Waals surface area contributed by atoms with Gasteiger partial charge in [0, 0.05) is 10.9 Å². The largest absolute Gasteiger partial charge is 0.325 e. The van der Waals surface area contributed by atoms with Gasteiger partial charge < -0.3 is 5.32 Å². The second kappa shape index (κ2) is 6.13. The lowest BCUT2D eigenvalue weighted by Crippen LogP contribution is -2.17. The van der Waals surface area contributed by atoms with Crippen LogP contribution >= 0.6 is 11.8 Å².